The van der Waals surface area contributed by atoms with Gasteiger partial charge in [0.05, 0.1) is 12.4 Å². The average Bonchev–Trinajstić information content (AvgIpc) is 2.75. The molecule has 0 atom stereocenters. The van der Waals surface area contributed by atoms with Crippen molar-refractivity contribution in [2.45, 2.75) is 6.92 Å². The van der Waals surface area contributed by atoms with E-state index in [0.29, 0.717) is 17.1 Å². The van der Waals surface area contributed by atoms with Crippen LogP contribution in [0.3, 0.4) is 0 Å². The fourth-order valence-electron chi connectivity index (χ4n) is 2.53. The van der Waals surface area contributed by atoms with E-state index >= 15 is 0 Å². The van der Waals surface area contributed by atoms with Gasteiger partial charge in [-0.25, -0.2) is 4.57 Å². The predicted octanol–water partition coefficient (Wildman–Crippen LogP) is 3.94. The Bertz CT molecular complexity index is 1080. The number of ketones is 1. The molecular formula is C22H17N4O3+. The highest BCUT2D eigenvalue weighted by atomic mass is 16.5. The number of benzene rings is 2. The fourth-order valence-corrected chi connectivity index (χ4v) is 2.53. The molecule has 0 fully saturated rings. The normalized spacial score (nSPS) is 10.4. The van der Waals surface area contributed by atoms with E-state index in [1.54, 1.807) is 53.4 Å². The minimum absolute atomic E-state index is 0.0603. The first kappa shape index (κ1) is 18.2. The number of para-hydroxylation sites is 2. The first-order valence-corrected chi connectivity index (χ1v) is 8.92. The van der Waals surface area contributed by atoms with E-state index in [4.69, 9.17) is 9.47 Å². The van der Waals surface area contributed by atoms with Crippen molar-refractivity contribution >= 4 is 5.78 Å². The van der Waals surface area contributed by atoms with Crippen LogP contribution in [-0.4, -0.2) is 20.7 Å². The zero-order chi connectivity index (χ0) is 20.1. The molecule has 0 saturated heterocycles. The summed E-state index contributed by atoms with van der Waals surface area (Å²) in [4.78, 5) is 24.7. The van der Waals surface area contributed by atoms with Gasteiger partial charge in [-0.15, -0.1) is 4.98 Å². The summed E-state index contributed by atoms with van der Waals surface area (Å²) >= 11 is 0. The van der Waals surface area contributed by atoms with Gasteiger partial charge in [0.2, 0.25) is 0 Å². The van der Waals surface area contributed by atoms with Crippen LogP contribution in [-0.2, 0) is 0 Å². The molecule has 29 heavy (non-hydrogen) atoms. The minimum atomic E-state index is -0.0603. The van der Waals surface area contributed by atoms with Gasteiger partial charge in [0.25, 0.3) is 0 Å². The Morgan fingerprint density at radius 1 is 0.759 bits per heavy atom. The maximum Gasteiger partial charge on any atom is 0.447 e. The van der Waals surface area contributed by atoms with Crippen molar-refractivity contribution in [3.8, 4) is 29.5 Å². The van der Waals surface area contributed by atoms with E-state index in [-0.39, 0.29) is 23.8 Å². The first-order valence-electron chi connectivity index (χ1n) is 8.92. The van der Waals surface area contributed by atoms with Gasteiger partial charge in [0, 0.05) is 5.56 Å². The van der Waals surface area contributed by atoms with Gasteiger partial charge < -0.3 is 9.47 Å². The van der Waals surface area contributed by atoms with Gasteiger partial charge in [0.15, 0.2) is 5.78 Å². The molecule has 7 nitrogen and oxygen atoms in total. The van der Waals surface area contributed by atoms with Crippen molar-refractivity contribution in [2.24, 2.45) is 0 Å². The van der Waals surface area contributed by atoms with Crippen LogP contribution in [0.15, 0.2) is 85.2 Å². The second kappa shape index (κ2) is 8.26. The summed E-state index contributed by atoms with van der Waals surface area (Å²) in [7, 11) is 0. The smallest absolute Gasteiger partial charge is 0.412 e. The van der Waals surface area contributed by atoms with Gasteiger partial charge in [-0.2, -0.15) is 0 Å². The summed E-state index contributed by atoms with van der Waals surface area (Å²) in [5.74, 6) is 1.37. The van der Waals surface area contributed by atoms with Crippen molar-refractivity contribution < 1.29 is 18.8 Å². The van der Waals surface area contributed by atoms with Gasteiger partial charge in [-0.1, -0.05) is 36.4 Å². The molecule has 4 rings (SSSR count). The summed E-state index contributed by atoms with van der Waals surface area (Å²) in [6.07, 6.45) is 3.39. The third-order valence-corrected chi connectivity index (χ3v) is 3.93. The molecule has 0 unspecified atom stereocenters. The molecule has 0 N–H and O–H groups in total. The molecule has 2 aromatic heterocycles. The van der Waals surface area contributed by atoms with Crippen LogP contribution in [0.2, 0.25) is 0 Å². The van der Waals surface area contributed by atoms with Crippen LogP contribution < -0.4 is 14.0 Å². The number of ether oxygens (including phenoxy) is 2. The summed E-state index contributed by atoms with van der Waals surface area (Å²) in [5.41, 5.74) is 0.531. The van der Waals surface area contributed by atoms with E-state index < -0.39 is 0 Å². The summed E-state index contributed by atoms with van der Waals surface area (Å²) in [6.45, 7) is 1.50. The molecule has 7 heteroatoms. The minimum Gasteiger partial charge on any atom is -0.412 e. The Labute approximate surface area is 167 Å². The number of Topliss-reactive ketones (excluding diaryl/α,β-unsaturated/α-hetero) is 1. The summed E-state index contributed by atoms with van der Waals surface area (Å²) in [5, 5.41) is 0. The second-order valence-corrected chi connectivity index (χ2v) is 6.09. The highest BCUT2D eigenvalue weighted by molar-refractivity contribution is 5.93. The topological polar surface area (TPSA) is 78.1 Å². The standard InChI is InChI=1S/C22H17N4O3/c1-16(27)17-9-8-14-26(15-17)20-23-21(28-18-10-4-2-5-11-18)25-22(24-20)29-19-12-6-3-7-13-19/h2-15H,1H3/q+1. The van der Waals surface area contributed by atoms with E-state index in [0.717, 1.165) is 0 Å². The van der Waals surface area contributed by atoms with Crippen LogP contribution in [0.1, 0.15) is 17.3 Å². The summed E-state index contributed by atoms with van der Waals surface area (Å²) < 4.78 is 13.2. The molecule has 0 amide bonds. The largest absolute Gasteiger partial charge is 0.447 e. The Morgan fingerprint density at radius 2 is 1.31 bits per heavy atom. The van der Waals surface area contributed by atoms with Crippen LogP contribution in [0, 0.1) is 0 Å². The van der Waals surface area contributed by atoms with Crippen molar-refractivity contribution in [2.75, 3.05) is 0 Å². The van der Waals surface area contributed by atoms with Gasteiger partial charge in [-0.05, 0) is 53.3 Å². The SMILES string of the molecule is CC(=O)c1ccc[n+](-c2nc(Oc3ccccc3)nc(Oc3ccccc3)n2)c1. The van der Waals surface area contributed by atoms with E-state index in [9.17, 15) is 4.79 Å². The number of hydrogen-bond donors (Lipinski definition) is 0. The maximum atomic E-state index is 11.7. The lowest BCUT2D eigenvalue weighted by Gasteiger charge is -2.04. The molecular weight excluding hydrogens is 368 g/mol. The molecule has 2 heterocycles. The lowest BCUT2D eigenvalue weighted by atomic mass is 10.2. The number of nitrogens with zero attached hydrogens (tertiary/aromatic N) is 4. The highest BCUT2D eigenvalue weighted by Gasteiger charge is 2.21. The Morgan fingerprint density at radius 3 is 1.83 bits per heavy atom. The van der Waals surface area contributed by atoms with Crippen LogP contribution in [0.4, 0.5) is 0 Å². The van der Waals surface area contributed by atoms with Crippen LogP contribution in [0.25, 0.3) is 5.95 Å². The number of pyridine rings is 1. The number of hydrogen-bond acceptors (Lipinski definition) is 6. The fraction of sp³-hybridized carbons (Fsp3) is 0.0455. The van der Waals surface area contributed by atoms with E-state index in [2.05, 4.69) is 15.0 Å². The van der Waals surface area contributed by atoms with Crippen LogP contribution in [0.5, 0.6) is 23.5 Å². The van der Waals surface area contributed by atoms with E-state index in [1.807, 2.05) is 36.4 Å². The number of carbonyl (C=O) groups excluding carboxylic acids is 1. The average molecular weight is 385 g/mol. The molecule has 0 radical (unpaired) electrons. The lowest BCUT2D eigenvalue weighted by Crippen LogP contribution is -2.33. The number of rotatable bonds is 6. The highest BCUT2D eigenvalue weighted by Crippen LogP contribution is 2.22. The summed E-state index contributed by atoms with van der Waals surface area (Å²) in [6, 6.07) is 22.0. The van der Waals surface area contributed by atoms with Crippen molar-refractivity contribution in [3.63, 3.8) is 0 Å². The first-order chi connectivity index (χ1) is 14.2. The van der Waals surface area contributed by atoms with Gasteiger partial charge in [-0.3, -0.25) is 4.79 Å². The molecule has 4 aromatic rings. The Hall–Kier alpha value is -4.13. The molecule has 0 aliphatic carbocycles. The number of aromatic nitrogens is 4. The predicted molar refractivity (Wildman–Crippen MR) is 104 cm³/mol. The maximum absolute atomic E-state index is 11.7. The zero-order valence-electron chi connectivity index (χ0n) is 15.6. The molecule has 0 bridgehead atoms. The van der Waals surface area contributed by atoms with Crippen molar-refractivity contribution in [1.82, 2.24) is 15.0 Å². The van der Waals surface area contributed by atoms with Gasteiger partial charge >= 0.3 is 18.0 Å². The molecule has 0 spiro atoms. The number of carbonyl (C=O) groups is 1. The molecule has 0 saturated carbocycles. The third-order valence-electron chi connectivity index (χ3n) is 3.93. The molecule has 2 aromatic carbocycles. The second-order valence-electron chi connectivity index (χ2n) is 6.09. The monoisotopic (exact) mass is 385 g/mol. The van der Waals surface area contributed by atoms with E-state index in [1.165, 1.54) is 6.92 Å². The molecule has 0 aliphatic heterocycles. The zero-order valence-corrected chi connectivity index (χ0v) is 15.6. The lowest BCUT2D eigenvalue weighted by molar-refractivity contribution is -0.604. The van der Waals surface area contributed by atoms with Crippen molar-refractivity contribution in [3.05, 3.63) is 90.8 Å². The Balaban J connectivity index is 1.75. The van der Waals surface area contributed by atoms with Crippen molar-refractivity contribution in [1.29, 1.82) is 0 Å². The van der Waals surface area contributed by atoms with Gasteiger partial charge in [0.1, 0.15) is 11.5 Å². The third kappa shape index (κ3) is 4.59. The van der Waals surface area contributed by atoms with Crippen LogP contribution >= 0.6 is 0 Å². The Kier molecular flexibility index (Phi) is 5.20. The molecule has 0 aliphatic rings. The molecule has 142 valence electrons. The quantitative estimate of drug-likeness (QED) is 0.370.